The van der Waals surface area contributed by atoms with Crippen molar-refractivity contribution in [3.05, 3.63) is 11.3 Å². The summed E-state index contributed by atoms with van der Waals surface area (Å²) in [6.45, 7) is 3.13. The molecular weight excluding hydrogens is 148 g/mol. The Hall–Kier alpha value is -0.870. The highest BCUT2D eigenvalue weighted by molar-refractivity contribution is 5.57. The lowest BCUT2D eigenvalue weighted by molar-refractivity contribution is -0.119. The van der Waals surface area contributed by atoms with E-state index in [-0.39, 0.29) is 12.0 Å². The molecule has 0 bridgehead atoms. The molecule has 0 amide bonds. The number of carbonyl (C=O) groups is 1. The Kier molecular flexibility index (Phi) is 3.78. The van der Waals surface area contributed by atoms with E-state index in [0.717, 1.165) is 0 Å². The van der Waals surface area contributed by atoms with Crippen LogP contribution in [0.25, 0.3) is 0 Å². The molecule has 0 aromatic rings. The molecule has 0 aliphatic carbocycles. The molecule has 0 heterocycles. The number of carbonyl (C=O) groups excluding carboxylic acids is 1. The summed E-state index contributed by atoms with van der Waals surface area (Å²) in [5, 5.41) is 26.7. The molecule has 0 saturated heterocycles. The van der Waals surface area contributed by atoms with Gasteiger partial charge in [0, 0.05) is 0 Å². The van der Waals surface area contributed by atoms with Gasteiger partial charge in [-0.2, -0.15) is 0 Å². The van der Waals surface area contributed by atoms with Crippen LogP contribution < -0.4 is 0 Å². The molecule has 0 aliphatic heterocycles. The van der Waals surface area contributed by atoms with E-state index < -0.39 is 12.2 Å². The Bertz CT molecular complexity index is 169. The van der Waals surface area contributed by atoms with Gasteiger partial charge >= 0.3 is 0 Å². The summed E-state index contributed by atoms with van der Waals surface area (Å²) in [6, 6.07) is 0. The second-order valence-electron chi connectivity index (χ2n) is 2.46. The maximum atomic E-state index is 9.93. The average Bonchev–Trinajstić information content (AvgIpc) is 2.00. The molecule has 11 heavy (non-hydrogen) atoms. The van der Waals surface area contributed by atoms with Crippen molar-refractivity contribution in [2.45, 2.75) is 26.1 Å². The fraction of sp³-hybridized carbons (Fsp3) is 0.571. The van der Waals surface area contributed by atoms with Crippen molar-refractivity contribution >= 4 is 6.29 Å². The maximum Gasteiger partial charge on any atom is 0.151 e. The van der Waals surface area contributed by atoms with Gasteiger partial charge in [-0.3, -0.25) is 0 Å². The van der Waals surface area contributed by atoms with E-state index in [1.54, 1.807) is 13.8 Å². The molecule has 0 spiro atoms. The van der Waals surface area contributed by atoms with Gasteiger partial charge in [0.25, 0.3) is 0 Å². The first-order chi connectivity index (χ1) is 5.00. The van der Waals surface area contributed by atoms with Gasteiger partial charge in [-0.1, -0.05) is 0 Å². The summed E-state index contributed by atoms with van der Waals surface area (Å²) in [4.78, 5) is 9.93. The van der Waals surface area contributed by atoms with Crippen LogP contribution in [0.15, 0.2) is 11.3 Å². The fourth-order valence-corrected chi connectivity index (χ4v) is 0.532. The Morgan fingerprint density at radius 2 is 1.82 bits per heavy atom. The zero-order chi connectivity index (χ0) is 9.02. The zero-order valence-corrected chi connectivity index (χ0v) is 6.48. The first-order valence-electron chi connectivity index (χ1n) is 3.18. The second kappa shape index (κ2) is 4.10. The topological polar surface area (TPSA) is 77.8 Å². The SMILES string of the molecule is CC(C)=C(O)[C@H](O)[C@H](O)C=O. The second-order valence-corrected chi connectivity index (χ2v) is 2.46. The van der Waals surface area contributed by atoms with Crippen LogP contribution in [0, 0.1) is 0 Å². The molecule has 0 saturated carbocycles. The summed E-state index contributed by atoms with van der Waals surface area (Å²) < 4.78 is 0. The quantitative estimate of drug-likeness (QED) is 0.393. The Labute approximate surface area is 64.8 Å². The molecule has 0 aliphatic rings. The van der Waals surface area contributed by atoms with Crippen LogP contribution in [0.3, 0.4) is 0 Å². The first-order valence-corrected chi connectivity index (χ1v) is 3.18. The van der Waals surface area contributed by atoms with E-state index in [2.05, 4.69) is 0 Å². The van der Waals surface area contributed by atoms with Crippen LogP contribution in [-0.4, -0.2) is 33.8 Å². The van der Waals surface area contributed by atoms with Gasteiger partial charge in [0.15, 0.2) is 6.29 Å². The van der Waals surface area contributed by atoms with Crippen LogP contribution in [0.1, 0.15) is 13.8 Å². The molecular formula is C7H12O4. The van der Waals surface area contributed by atoms with Crippen LogP contribution >= 0.6 is 0 Å². The zero-order valence-electron chi connectivity index (χ0n) is 6.48. The van der Waals surface area contributed by atoms with Crippen molar-refractivity contribution in [3.63, 3.8) is 0 Å². The summed E-state index contributed by atoms with van der Waals surface area (Å²) >= 11 is 0. The fourth-order valence-electron chi connectivity index (χ4n) is 0.532. The van der Waals surface area contributed by atoms with Crippen LogP contribution in [-0.2, 0) is 4.79 Å². The minimum Gasteiger partial charge on any atom is -0.510 e. The average molecular weight is 160 g/mol. The van der Waals surface area contributed by atoms with Gasteiger partial charge in [0.2, 0.25) is 0 Å². The molecule has 0 radical (unpaired) electrons. The van der Waals surface area contributed by atoms with Crippen LogP contribution in [0.5, 0.6) is 0 Å². The first kappa shape index (κ1) is 10.1. The molecule has 0 rings (SSSR count). The predicted octanol–water partition coefficient (Wildman–Crippen LogP) is -0.241. The Morgan fingerprint density at radius 3 is 2.09 bits per heavy atom. The summed E-state index contributed by atoms with van der Waals surface area (Å²) in [6.07, 6.45) is -2.88. The standard InChI is InChI=1S/C7H12O4/c1-4(2)6(10)7(11)5(9)3-8/h3,5,7,9-11H,1-2H3/t5-,7-/m1/s1. The number of hydrogen-bond acceptors (Lipinski definition) is 4. The molecule has 0 fully saturated rings. The van der Waals surface area contributed by atoms with Crippen molar-refractivity contribution in [1.82, 2.24) is 0 Å². The summed E-state index contributed by atoms with van der Waals surface area (Å²) in [5.41, 5.74) is 0.471. The maximum absolute atomic E-state index is 9.93. The third kappa shape index (κ3) is 2.69. The van der Waals surface area contributed by atoms with Gasteiger partial charge in [0.1, 0.15) is 18.0 Å². The van der Waals surface area contributed by atoms with Crippen molar-refractivity contribution in [1.29, 1.82) is 0 Å². The van der Waals surface area contributed by atoms with E-state index >= 15 is 0 Å². The molecule has 0 unspecified atom stereocenters. The molecule has 3 N–H and O–H groups in total. The van der Waals surface area contributed by atoms with Crippen molar-refractivity contribution in [3.8, 4) is 0 Å². The lowest BCUT2D eigenvalue weighted by Crippen LogP contribution is -2.29. The minimum absolute atomic E-state index is 0.170. The van der Waals surface area contributed by atoms with E-state index in [1.165, 1.54) is 0 Å². The minimum atomic E-state index is -1.55. The van der Waals surface area contributed by atoms with Crippen LogP contribution in [0.4, 0.5) is 0 Å². The van der Waals surface area contributed by atoms with E-state index in [9.17, 15) is 4.79 Å². The molecule has 4 nitrogen and oxygen atoms in total. The van der Waals surface area contributed by atoms with Crippen molar-refractivity contribution < 1.29 is 20.1 Å². The lowest BCUT2D eigenvalue weighted by atomic mass is 10.1. The third-order valence-corrected chi connectivity index (χ3v) is 1.26. The number of aldehydes is 1. The van der Waals surface area contributed by atoms with Crippen molar-refractivity contribution in [2.75, 3.05) is 0 Å². The predicted molar refractivity (Wildman–Crippen MR) is 39.1 cm³/mol. The molecule has 4 heteroatoms. The number of aliphatic hydroxyl groups is 3. The molecule has 0 aromatic carbocycles. The smallest absolute Gasteiger partial charge is 0.151 e. The summed E-state index contributed by atoms with van der Waals surface area (Å²) in [7, 11) is 0. The van der Waals surface area contributed by atoms with Gasteiger partial charge in [-0.25, -0.2) is 0 Å². The highest BCUT2D eigenvalue weighted by Gasteiger charge is 2.19. The van der Waals surface area contributed by atoms with Gasteiger partial charge < -0.3 is 20.1 Å². The van der Waals surface area contributed by atoms with Crippen molar-refractivity contribution in [2.24, 2.45) is 0 Å². The number of hydrogen-bond donors (Lipinski definition) is 3. The normalized spacial score (nSPS) is 15.3. The molecule has 2 atom stereocenters. The van der Waals surface area contributed by atoms with Gasteiger partial charge in [-0.15, -0.1) is 0 Å². The van der Waals surface area contributed by atoms with Gasteiger partial charge in [0.05, 0.1) is 0 Å². The highest BCUT2D eigenvalue weighted by atomic mass is 16.4. The third-order valence-electron chi connectivity index (χ3n) is 1.26. The monoisotopic (exact) mass is 160 g/mol. The number of allylic oxidation sites excluding steroid dienone is 1. The van der Waals surface area contributed by atoms with E-state index in [1.807, 2.05) is 0 Å². The molecule has 0 aromatic heterocycles. The van der Waals surface area contributed by atoms with Gasteiger partial charge in [-0.05, 0) is 19.4 Å². The Balaban J connectivity index is 4.36. The van der Waals surface area contributed by atoms with E-state index in [0.29, 0.717) is 5.57 Å². The summed E-state index contributed by atoms with van der Waals surface area (Å²) in [5.74, 6) is -0.357. The molecule has 64 valence electrons. The lowest BCUT2D eigenvalue weighted by Gasteiger charge is -2.12. The van der Waals surface area contributed by atoms with Crippen LogP contribution in [0.2, 0.25) is 0 Å². The van der Waals surface area contributed by atoms with E-state index in [4.69, 9.17) is 15.3 Å². The highest BCUT2D eigenvalue weighted by Crippen LogP contribution is 2.07. The number of aliphatic hydroxyl groups excluding tert-OH is 3. The number of rotatable bonds is 3. The Morgan fingerprint density at radius 1 is 1.36 bits per heavy atom. The largest absolute Gasteiger partial charge is 0.510 e.